The summed E-state index contributed by atoms with van der Waals surface area (Å²) in [5.74, 6) is 0.784. The number of likely N-dealkylation sites (N-methyl/N-ethyl adjacent to an activating group) is 1. The fourth-order valence-corrected chi connectivity index (χ4v) is 3.47. The number of para-hydroxylation sites is 1. The van der Waals surface area contributed by atoms with Crippen LogP contribution in [0.5, 0.6) is 0 Å². The molecule has 1 amide bonds. The van der Waals surface area contributed by atoms with Crippen molar-refractivity contribution in [3.05, 3.63) is 65.2 Å². The highest BCUT2D eigenvalue weighted by molar-refractivity contribution is 6.09. The zero-order valence-corrected chi connectivity index (χ0v) is 13.8. The van der Waals surface area contributed by atoms with E-state index in [1.165, 1.54) is 5.56 Å². The molecule has 0 spiro atoms. The van der Waals surface area contributed by atoms with Crippen LogP contribution in [0.3, 0.4) is 0 Å². The van der Waals surface area contributed by atoms with Gasteiger partial charge in [-0.05, 0) is 42.0 Å². The van der Waals surface area contributed by atoms with E-state index in [0.29, 0.717) is 5.92 Å². The summed E-state index contributed by atoms with van der Waals surface area (Å²) >= 11 is 0. The van der Waals surface area contributed by atoms with Crippen LogP contribution in [0.25, 0.3) is 0 Å². The van der Waals surface area contributed by atoms with Crippen molar-refractivity contribution in [2.24, 2.45) is 5.92 Å². The molecule has 1 aliphatic rings. The quantitative estimate of drug-likeness (QED) is 0.832. The first-order valence-electron chi connectivity index (χ1n) is 7.91. The van der Waals surface area contributed by atoms with E-state index in [2.05, 4.69) is 44.2 Å². The maximum atomic E-state index is 12.9. The summed E-state index contributed by atoms with van der Waals surface area (Å²) in [6.45, 7) is 6.48. The molecule has 0 unspecified atom stereocenters. The predicted octanol–water partition coefficient (Wildman–Crippen LogP) is 4.17. The Morgan fingerprint density at radius 2 is 1.68 bits per heavy atom. The van der Waals surface area contributed by atoms with Crippen molar-refractivity contribution in [1.82, 2.24) is 0 Å². The number of carbonyl (C=O) groups is 1. The predicted molar refractivity (Wildman–Crippen MR) is 91.3 cm³/mol. The van der Waals surface area contributed by atoms with Gasteiger partial charge in [0.2, 0.25) is 5.91 Å². The second-order valence-electron chi connectivity index (χ2n) is 6.80. The van der Waals surface area contributed by atoms with Crippen molar-refractivity contribution in [1.29, 1.82) is 0 Å². The Morgan fingerprint density at radius 1 is 1.05 bits per heavy atom. The summed E-state index contributed by atoms with van der Waals surface area (Å²) < 4.78 is 0. The minimum atomic E-state index is -0.582. The molecule has 3 rings (SSSR count). The van der Waals surface area contributed by atoms with Crippen LogP contribution in [0.15, 0.2) is 48.5 Å². The molecule has 1 atom stereocenters. The van der Waals surface area contributed by atoms with Crippen LogP contribution in [-0.2, 0) is 16.6 Å². The zero-order valence-electron chi connectivity index (χ0n) is 13.8. The number of amides is 1. The maximum Gasteiger partial charge on any atom is 0.241 e. The summed E-state index contributed by atoms with van der Waals surface area (Å²) in [4.78, 5) is 14.6. The van der Waals surface area contributed by atoms with Gasteiger partial charge in [0.1, 0.15) is 0 Å². The van der Waals surface area contributed by atoms with Crippen LogP contribution >= 0.6 is 0 Å². The van der Waals surface area contributed by atoms with E-state index in [9.17, 15) is 4.79 Å². The van der Waals surface area contributed by atoms with Crippen LogP contribution < -0.4 is 4.90 Å². The molecule has 2 nitrogen and oxygen atoms in total. The molecule has 0 fully saturated rings. The van der Waals surface area contributed by atoms with Crippen LogP contribution in [0.1, 0.15) is 37.5 Å². The van der Waals surface area contributed by atoms with Crippen LogP contribution in [0, 0.1) is 5.92 Å². The summed E-state index contributed by atoms with van der Waals surface area (Å²) in [6.07, 6.45) is 1.07. The number of anilines is 1. The summed E-state index contributed by atoms with van der Waals surface area (Å²) in [7, 11) is 1.86. The minimum Gasteiger partial charge on any atom is -0.314 e. The fraction of sp³-hybridized carbons (Fsp3) is 0.350. The van der Waals surface area contributed by atoms with E-state index >= 15 is 0 Å². The number of rotatable bonds is 3. The van der Waals surface area contributed by atoms with E-state index in [1.54, 1.807) is 4.90 Å². The average molecular weight is 293 g/mol. The van der Waals surface area contributed by atoms with Gasteiger partial charge in [0.05, 0.1) is 5.41 Å². The van der Waals surface area contributed by atoms with E-state index in [1.807, 2.05) is 32.2 Å². The highest BCUT2D eigenvalue weighted by Crippen LogP contribution is 2.45. The molecule has 22 heavy (non-hydrogen) atoms. The van der Waals surface area contributed by atoms with Gasteiger partial charge in [-0.3, -0.25) is 4.79 Å². The molecular weight excluding hydrogens is 270 g/mol. The van der Waals surface area contributed by atoms with Gasteiger partial charge in [0.15, 0.2) is 0 Å². The summed E-state index contributed by atoms with van der Waals surface area (Å²) in [5, 5.41) is 0. The summed E-state index contributed by atoms with van der Waals surface area (Å²) in [5.41, 5.74) is 3.93. The van der Waals surface area contributed by atoms with Gasteiger partial charge < -0.3 is 4.90 Å². The Kier molecular flexibility index (Phi) is 3.56. The van der Waals surface area contributed by atoms with E-state index in [4.69, 9.17) is 0 Å². The molecule has 0 radical (unpaired) electrons. The van der Waals surface area contributed by atoms with Gasteiger partial charge in [-0.25, -0.2) is 0 Å². The van der Waals surface area contributed by atoms with Crippen LogP contribution in [0.4, 0.5) is 5.69 Å². The van der Waals surface area contributed by atoms with Crippen molar-refractivity contribution in [3.63, 3.8) is 0 Å². The number of fused-ring (bicyclic) bond motifs is 1. The zero-order chi connectivity index (χ0) is 15.9. The largest absolute Gasteiger partial charge is 0.314 e. The lowest BCUT2D eigenvalue weighted by atomic mass is 9.77. The molecule has 0 saturated heterocycles. The highest BCUT2D eigenvalue weighted by atomic mass is 16.2. The first-order valence-corrected chi connectivity index (χ1v) is 7.91. The average Bonchev–Trinajstić information content (AvgIpc) is 2.71. The van der Waals surface area contributed by atoms with Crippen molar-refractivity contribution in [2.45, 2.75) is 32.6 Å². The molecular formula is C20H23NO. The number of hydrogen-bond donors (Lipinski definition) is 0. The van der Waals surface area contributed by atoms with Gasteiger partial charge in [-0.2, -0.15) is 0 Å². The molecule has 0 bridgehead atoms. The lowest BCUT2D eigenvalue weighted by Gasteiger charge is -2.24. The summed E-state index contributed by atoms with van der Waals surface area (Å²) in [6, 6.07) is 16.6. The van der Waals surface area contributed by atoms with Gasteiger partial charge >= 0.3 is 0 Å². The molecule has 0 saturated carbocycles. The van der Waals surface area contributed by atoms with E-state index in [-0.39, 0.29) is 5.91 Å². The van der Waals surface area contributed by atoms with Crippen LogP contribution in [-0.4, -0.2) is 13.0 Å². The standard InChI is InChI=1S/C20H23NO/c1-14(2)13-15-9-11-16(12-10-15)20(3)17-7-5-6-8-18(17)21(4)19(20)22/h5-12,14H,13H2,1-4H3/t20-/m1/s1. The molecule has 114 valence electrons. The first-order chi connectivity index (χ1) is 10.4. The van der Waals surface area contributed by atoms with Crippen molar-refractivity contribution >= 4 is 11.6 Å². The van der Waals surface area contributed by atoms with E-state index in [0.717, 1.165) is 23.2 Å². The molecule has 2 aromatic carbocycles. The second-order valence-corrected chi connectivity index (χ2v) is 6.80. The molecule has 0 aromatic heterocycles. The van der Waals surface area contributed by atoms with Crippen molar-refractivity contribution in [2.75, 3.05) is 11.9 Å². The lowest BCUT2D eigenvalue weighted by Crippen LogP contribution is -2.37. The number of nitrogens with zero attached hydrogens (tertiary/aromatic N) is 1. The maximum absolute atomic E-state index is 12.9. The Balaban J connectivity index is 2.05. The van der Waals surface area contributed by atoms with E-state index < -0.39 is 5.41 Å². The third-order valence-electron chi connectivity index (χ3n) is 4.71. The van der Waals surface area contributed by atoms with Gasteiger partial charge in [0, 0.05) is 12.7 Å². The third kappa shape index (κ3) is 2.14. The Hall–Kier alpha value is -2.09. The number of hydrogen-bond acceptors (Lipinski definition) is 1. The molecule has 2 aromatic rings. The molecule has 2 heteroatoms. The smallest absolute Gasteiger partial charge is 0.241 e. The number of carbonyl (C=O) groups excluding carboxylic acids is 1. The minimum absolute atomic E-state index is 0.144. The first kappa shape index (κ1) is 14.8. The topological polar surface area (TPSA) is 20.3 Å². The molecule has 1 heterocycles. The van der Waals surface area contributed by atoms with Gasteiger partial charge in [-0.15, -0.1) is 0 Å². The Labute approximate surface area is 132 Å². The third-order valence-corrected chi connectivity index (χ3v) is 4.71. The van der Waals surface area contributed by atoms with Crippen molar-refractivity contribution < 1.29 is 4.79 Å². The molecule has 0 N–H and O–H groups in total. The molecule has 0 aliphatic carbocycles. The molecule has 1 aliphatic heterocycles. The van der Waals surface area contributed by atoms with Gasteiger partial charge in [-0.1, -0.05) is 56.3 Å². The highest BCUT2D eigenvalue weighted by Gasteiger charge is 2.46. The second kappa shape index (κ2) is 5.28. The van der Waals surface area contributed by atoms with Crippen LogP contribution in [0.2, 0.25) is 0 Å². The normalized spacial score (nSPS) is 20.6. The Bertz CT molecular complexity index is 702. The van der Waals surface area contributed by atoms with Gasteiger partial charge in [0.25, 0.3) is 0 Å². The fourth-order valence-electron chi connectivity index (χ4n) is 3.47. The lowest BCUT2D eigenvalue weighted by molar-refractivity contribution is -0.121. The Morgan fingerprint density at radius 3 is 2.32 bits per heavy atom. The SMILES string of the molecule is CC(C)Cc1ccc([C@@]2(C)C(=O)N(C)c3ccccc32)cc1. The monoisotopic (exact) mass is 293 g/mol. The number of benzene rings is 2. The van der Waals surface area contributed by atoms with Crippen molar-refractivity contribution in [3.8, 4) is 0 Å².